The average Bonchev–Trinajstić information content (AvgIpc) is 2.41. The van der Waals surface area contributed by atoms with Crippen LogP contribution in [0.25, 0.3) is 0 Å². The highest BCUT2D eigenvalue weighted by Crippen LogP contribution is 2.25. The average molecular weight is 280 g/mol. The smallest absolute Gasteiger partial charge is 0.179 e. The maximum absolute atomic E-state index is 12.5. The highest BCUT2D eigenvalue weighted by atomic mass is 35.5. The molecule has 1 aliphatic heterocycles. The molecule has 1 heterocycles. The van der Waals surface area contributed by atoms with E-state index in [1.807, 2.05) is 19.1 Å². The Morgan fingerprint density at radius 3 is 2.47 bits per heavy atom. The van der Waals surface area contributed by atoms with E-state index in [0.717, 1.165) is 24.6 Å². The van der Waals surface area contributed by atoms with E-state index in [4.69, 9.17) is 11.6 Å². The summed E-state index contributed by atoms with van der Waals surface area (Å²) in [4.78, 5) is 14.8. The van der Waals surface area contributed by atoms with Crippen molar-refractivity contribution in [2.45, 2.75) is 33.2 Å². The van der Waals surface area contributed by atoms with E-state index >= 15 is 0 Å². The molecule has 1 saturated heterocycles. The van der Waals surface area contributed by atoms with Crippen LogP contribution in [0, 0.1) is 11.8 Å². The minimum absolute atomic E-state index is 0.0453. The summed E-state index contributed by atoms with van der Waals surface area (Å²) in [5.41, 5.74) is 0.753. The molecule has 3 heteroatoms. The molecule has 1 fully saturated rings. The van der Waals surface area contributed by atoms with E-state index in [-0.39, 0.29) is 11.8 Å². The summed E-state index contributed by atoms with van der Waals surface area (Å²) in [7, 11) is 0. The summed E-state index contributed by atoms with van der Waals surface area (Å²) in [6.07, 6.45) is 1.18. The monoisotopic (exact) mass is 279 g/mol. The van der Waals surface area contributed by atoms with Crippen LogP contribution in [0.4, 0.5) is 0 Å². The van der Waals surface area contributed by atoms with Gasteiger partial charge in [-0.3, -0.25) is 9.69 Å². The highest BCUT2D eigenvalue weighted by Gasteiger charge is 2.29. The van der Waals surface area contributed by atoms with Crippen LogP contribution in [-0.4, -0.2) is 29.8 Å². The lowest BCUT2D eigenvalue weighted by atomic mass is 9.87. The van der Waals surface area contributed by atoms with Gasteiger partial charge in [-0.25, -0.2) is 0 Å². The minimum atomic E-state index is -0.0453. The van der Waals surface area contributed by atoms with Crippen LogP contribution in [0.5, 0.6) is 0 Å². The van der Waals surface area contributed by atoms with Gasteiger partial charge < -0.3 is 0 Å². The summed E-state index contributed by atoms with van der Waals surface area (Å²) < 4.78 is 0. The molecule has 0 spiro atoms. The third-order valence-electron chi connectivity index (χ3n) is 4.42. The number of hydrogen-bond donors (Lipinski definition) is 0. The normalized spacial score (nSPS) is 26.1. The molecular weight excluding hydrogens is 258 g/mol. The van der Waals surface area contributed by atoms with Crippen LogP contribution in [0.2, 0.25) is 5.02 Å². The van der Waals surface area contributed by atoms with Crippen molar-refractivity contribution in [2.75, 3.05) is 13.1 Å². The third-order valence-corrected chi connectivity index (χ3v) is 4.67. The van der Waals surface area contributed by atoms with Gasteiger partial charge in [-0.15, -0.1) is 0 Å². The molecule has 104 valence electrons. The number of carbonyl (C=O) groups excluding carboxylic acids is 1. The lowest BCUT2D eigenvalue weighted by Gasteiger charge is -2.38. The molecule has 1 aromatic rings. The fraction of sp³-hybridized carbons (Fsp3) is 0.562. The lowest BCUT2D eigenvalue weighted by Crippen LogP contribution is -2.46. The summed E-state index contributed by atoms with van der Waals surface area (Å²) >= 11 is 5.86. The second-order valence-corrected chi connectivity index (χ2v) is 6.22. The first-order chi connectivity index (χ1) is 8.99. The zero-order valence-corrected chi connectivity index (χ0v) is 12.7. The first kappa shape index (κ1) is 14.5. The molecular formula is C16H22ClNO. The van der Waals surface area contributed by atoms with Gasteiger partial charge in [0.05, 0.1) is 6.04 Å². The van der Waals surface area contributed by atoms with Crippen molar-refractivity contribution in [3.05, 3.63) is 34.9 Å². The summed E-state index contributed by atoms with van der Waals surface area (Å²) in [6, 6.07) is 7.15. The van der Waals surface area contributed by atoms with E-state index < -0.39 is 0 Å². The molecule has 1 aromatic carbocycles. The molecule has 0 radical (unpaired) electrons. The largest absolute Gasteiger partial charge is 0.293 e. The second kappa shape index (κ2) is 6.06. The maximum atomic E-state index is 12.5. The molecule has 0 saturated carbocycles. The van der Waals surface area contributed by atoms with Gasteiger partial charge in [0.2, 0.25) is 0 Å². The van der Waals surface area contributed by atoms with E-state index in [0.29, 0.717) is 10.9 Å². The molecule has 0 aromatic heterocycles. The molecule has 2 rings (SSSR count). The van der Waals surface area contributed by atoms with Crippen LogP contribution in [0.3, 0.4) is 0 Å². The number of hydrogen-bond acceptors (Lipinski definition) is 2. The molecule has 3 atom stereocenters. The van der Waals surface area contributed by atoms with Crippen LogP contribution in [0.15, 0.2) is 24.3 Å². The lowest BCUT2D eigenvalue weighted by molar-refractivity contribution is 0.0689. The Morgan fingerprint density at radius 2 is 1.89 bits per heavy atom. The molecule has 3 unspecified atom stereocenters. The predicted octanol–water partition coefficient (Wildman–Crippen LogP) is 3.89. The van der Waals surface area contributed by atoms with Crippen molar-refractivity contribution >= 4 is 17.4 Å². The Bertz CT molecular complexity index is 443. The molecule has 0 aliphatic carbocycles. The summed E-state index contributed by atoms with van der Waals surface area (Å²) in [5, 5.41) is 0.671. The van der Waals surface area contributed by atoms with Gasteiger partial charge in [-0.2, -0.15) is 0 Å². The number of benzene rings is 1. The van der Waals surface area contributed by atoms with E-state index in [9.17, 15) is 4.79 Å². The van der Waals surface area contributed by atoms with E-state index in [1.54, 1.807) is 12.1 Å². The number of nitrogens with zero attached hydrogens (tertiary/aromatic N) is 1. The van der Waals surface area contributed by atoms with Gasteiger partial charge in [0.25, 0.3) is 0 Å². The number of rotatable bonds is 3. The van der Waals surface area contributed by atoms with Gasteiger partial charge in [0, 0.05) is 17.1 Å². The predicted molar refractivity (Wildman–Crippen MR) is 79.8 cm³/mol. The minimum Gasteiger partial charge on any atom is -0.293 e. The Kier molecular flexibility index (Phi) is 4.64. The number of halogens is 1. The van der Waals surface area contributed by atoms with Gasteiger partial charge in [0.15, 0.2) is 5.78 Å². The number of carbonyl (C=O) groups is 1. The van der Waals surface area contributed by atoms with Crippen LogP contribution < -0.4 is 0 Å². The Hall–Kier alpha value is -0.860. The Balaban J connectivity index is 2.05. The fourth-order valence-corrected chi connectivity index (χ4v) is 2.79. The number of likely N-dealkylation sites (tertiary alicyclic amines) is 1. The second-order valence-electron chi connectivity index (χ2n) is 5.79. The van der Waals surface area contributed by atoms with Gasteiger partial charge in [-0.1, -0.05) is 25.4 Å². The van der Waals surface area contributed by atoms with Gasteiger partial charge >= 0.3 is 0 Å². The number of Topliss-reactive ketones (excluding diaryl/α,β-unsaturated/α-hetero) is 1. The molecule has 0 amide bonds. The van der Waals surface area contributed by atoms with Crippen LogP contribution in [-0.2, 0) is 0 Å². The van der Waals surface area contributed by atoms with Crippen molar-refractivity contribution in [2.24, 2.45) is 11.8 Å². The Morgan fingerprint density at radius 1 is 1.26 bits per heavy atom. The van der Waals surface area contributed by atoms with Crippen LogP contribution >= 0.6 is 11.6 Å². The summed E-state index contributed by atoms with van der Waals surface area (Å²) in [5.74, 6) is 1.61. The SMILES string of the molecule is CC1CCN(C(C)C(=O)c2ccc(Cl)cc2)CC1C. The van der Waals surface area contributed by atoms with Crippen molar-refractivity contribution in [1.29, 1.82) is 0 Å². The van der Waals surface area contributed by atoms with E-state index in [2.05, 4.69) is 18.7 Å². The maximum Gasteiger partial charge on any atom is 0.179 e. The van der Waals surface area contributed by atoms with Crippen molar-refractivity contribution in [3.63, 3.8) is 0 Å². The molecule has 0 N–H and O–H groups in total. The van der Waals surface area contributed by atoms with Gasteiger partial charge in [0.1, 0.15) is 0 Å². The highest BCUT2D eigenvalue weighted by molar-refractivity contribution is 6.30. The van der Waals surface area contributed by atoms with E-state index in [1.165, 1.54) is 6.42 Å². The topological polar surface area (TPSA) is 20.3 Å². The molecule has 2 nitrogen and oxygen atoms in total. The summed E-state index contributed by atoms with van der Waals surface area (Å²) in [6.45, 7) is 8.62. The van der Waals surface area contributed by atoms with Crippen molar-refractivity contribution in [1.82, 2.24) is 4.90 Å². The van der Waals surface area contributed by atoms with Crippen LogP contribution in [0.1, 0.15) is 37.6 Å². The number of ketones is 1. The zero-order chi connectivity index (χ0) is 14.0. The first-order valence-electron chi connectivity index (χ1n) is 7.03. The van der Waals surface area contributed by atoms with Crippen molar-refractivity contribution < 1.29 is 4.79 Å². The fourth-order valence-electron chi connectivity index (χ4n) is 2.67. The first-order valence-corrected chi connectivity index (χ1v) is 7.40. The molecule has 0 bridgehead atoms. The van der Waals surface area contributed by atoms with Crippen molar-refractivity contribution in [3.8, 4) is 0 Å². The Labute approximate surface area is 120 Å². The quantitative estimate of drug-likeness (QED) is 0.783. The molecule has 19 heavy (non-hydrogen) atoms. The zero-order valence-electron chi connectivity index (χ0n) is 11.9. The third kappa shape index (κ3) is 3.37. The van der Waals surface area contributed by atoms with Gasteiger partial charge in [-0.05, 0) is 56.0 Å². The standard InChI is InChI=1S/C16H22ClNO/c1-11-8-9-18(10-12(11)2)13(3)16(19)14-4-6-15(17)7-5-14/h4-7,11-13H,8-10H2,1-3H3. The molecule has 1 aliphatic rings. The number of piperidine rings is 1.